The zero-order chi connectivity index (χ0) is 13.0. The maximum Gasteiger partial charge on any atom is 0.311 e. The van der Waals surface area contributed by atoms with Crippen molar-refractivity contribution in [2.45, 2.75) is 45.8 Å². The lowest BCUT2D eigenvalue weighted by molar-refractivity contribution is -0.163. The second kappa shape index (κ2) is 6.36. The van der Waals surface area contributed by atoms with Crippen LogP contribution in [0.4, 0.5) is 0 Å². The molecule has 0 bridgehead atoms. The van der Waals surface area contributed by atoms with E-state index in [9.17, 15) is 9.90 Å². The van der Waals surface area contributed by atoms with Crippen molar-refractivity contribution in [3.05, 3.63) is 0 Å². The van der Waals surface area contributed by atoms with Crippen LogP contribution < -0.4 is 0 Å². The summed E-state index contributed by atoms with van der Waals surface area (Å²) in [6, 6.07) is 0. The van der Waals surface area contributed by atoms with Crippen molar-refractivity contribution >= 4 is 5.97 Å². The number of hydrogen-bond acceptors (Lipinski definition) is 4. The van der Waals surface area contributed by atoms with Gasteiger partial charge in [0.2, 0.25) is 0 Å². The summed E-state index contributed by atoms with van der Waals surface area (Å²) in [5.41, 5.74) is 0. The molecule has 1 aliphatic heterocycles. The summed E-state index contributed by atoms with van der Waals surface area (Å²) < 4.78 is 10.7. The molecule has 17 heavy (non-hydrogen) atoms. The molecular formula is C13H24O4. The number of aliphatic hydroxyl groups is 1. The second-order valence-corrected chi connectivity index (χ2v) is 5.17. The first kappa shape index (κ1) is 14.5. The number of esters is 1. The molecule has 5 atom stereocenters. The number of carbonyl (C=O) groups is 1. The van der Waals surface area contributed by atoms with Crippen LogP contribution >= 0.6 is 0 Å². The molecule has 0 aromatic heterocycles. The van der Waals surface area contributed by atoms with Gasteiger partial charge in [-0.2, -0.15) is 0 Å². The normalized spacial score (nSPS) is 32.9. The van der Waals surface area contributed by atoms with Gasteiger partial charge in [0.25, 0.3) is 0 Å². The van der Waals surface area contributed by atoms with E-state index < -0.39 is 0 Å². The van der Waals surface area contributed by atoms with E-state index in [1.165, 1.54) is 7.11 Å². The molecule has 0 unspecified atom stereocenters. The van der Waals surface area contributed by atoms with Crippen molar-refractivity contribution in [3.8, 4) is 0 Å². The monoisotopic (exact) mass is 244 g/mol. The Bertz CT molecular complexity index is 250. The summed E-state index contributed by atoms with van der Waals surface area (Å²) >= 11 is 0. The van der Waals surface area contributed by atoms with Gasteiger partial charge in [-0.15, -0.1) is 0 Å². The van der Waals surface area contributed by atoms with E-state index in [1.807, 2.05) is 13.8 Å². The first-order valence-electron chi connectivity index (χ1n) is 6.35. The Morgan fingerprint density at radius 3 is 2.65 bits per heavy atom. The molecule has 0 aromatic rings. The topological polar surface area (TPSA) is 55.8 Å². The highest BCUT2D eigenvalue weighted by Gasteiger charge is 2.36. The van der Waals surface area contributed by atoms with Crippen LogP contribution in [0, 0.1) is 17.8 Å². The summed E-state index contributed by atoms with van der Waals surface area (Å²) in [6.07, 6.45) is 1.86. The summed E-state index contributed by atoms with van der Waals surface area (Å²) in [7, 11) is 1.40. The third kappa shape index (κ3) is 3.42. The van der Waals surface area contributed by atoms with Crippen LogP contribution in [0.3, 0.4) is 0 Å². The second-order valence-electron chi connectivity index (χ2n) is 5.17. The predicted molar refractivity (Wildman–Crippen MR) is 64.5 cm³/mol. The van der Waals surface area contributed by atoms with Gasteiger partial charge < -0.3 is 14.6 Å². The third-order valence-corrected chi connectivity index (χ3v) is 3.78. The Morgan fingerprint density at radius 1 is 1.47 bits per heavy atom. The lowest BCUT2D eigenvalue weighted by Gasteiger charge is -2.39. The Labute approximate surface area is 103 Å². The fourth-order valence-corrected chi connectivity index (χ4v) is 2.50. The smallest absolute Gasteiger partial charge is 0.311 e. The number of hydrogen-bond donors (Lipinski definition) is 1. The molecule has 0 radical (unpaired) electrons. The predicted octanol–water partition coefficient (Wildman–Crippen LogP) is 1.61. The maximum absolute atomic E-state index is 11.5. The number of rotatable bonds is 4. The maximum atomic E-state index is 11.5. The standard InChI is InChI=1S/C13H24O4/c1-8-5-6-11(10(3)13(15)16-4)17-12(8)9(2)7-14/h8-12,14H,5-7H2,1-4H3/t8-,9-,10-,11-,12-/m0/s1. The average Bonchev–Trinajstić information content (AvgIpc) is 2.36. The van der Waals surface area contributed by atoms with E-state index in [0.717, 1.165) is 12.8 Å². The quantitative estimate of drug-likeness (QED) is 0.763. The highest BCUT2D eigenvalue weighted by Crippen LogP contribution is 2.32. The number of aliphatic hydroxyl groups excluding tert-OH is 1. The Morgan fingerprint density at radius 2 is 2.12 bits per heavy atom. The van der Waals surface area contributed by atoms with Crippen molar-refractivity contribution in [1.82, 2.24) is 0 Å². The Balaban J connectivity index is 2.63. The van der Waals surface area contributed by atoms with E-state index >= 15 is 0 Å². The van der Waals surface area contributed by atoms with Crippen LogP contribution in [0.25, 0.3) is 0 Å². The molecule has 0 aliphatic carbocycles. The van der Waals surface area contributed by atoms with Crippen LogP contribution in [0.1, 0.15) is 33.6 Å². The van der Waals surface area contributed by atoms with E-state index in [4.69, 9.17) is 9.47 Å². The molecule has 0 amide bonds. The lowest BCUT2D eigenvalue weighted by atomic mass is 9.84. The van der Waals surface area contributed by atoms with E-state index in [2.05, 4.69) is 6.92 Å². The third-order valence-electron chi connectivity index (χ3n) is 3.78. The molecule has 0 aromatic carbocycles. The Hall–Kier alpha value is -0.610. The first-order valence-corrected chi connectivity index (χ1v) is 6.35. The van der Waals surface area contributed by atoms with Crippen LogP contribution in [-0.4, -0.2) is 37.0 Å². The zero-order valence-electron chi connectivity index (χ0n) is 11.2. The highest BCUT2D eigenvalue weighted by molar-refractivity contribution is 5.72. The van der Waals surface area contributed by atoms with E-state index in [1.54, 1.807) is 0 Å². The molecule has 1 aliphatic rings. The largest absolute Gasteiger partial charge is 0.469 e. The van der Waals surface area contributed by atoms with Gasteiger partial charge in [0.1, 0.15) is 0 Å². The van der Waals surface area contributed by atoms with E-state index in [-0.39, 0.29) is 36.6 Å². The minimum Gasteiger partial charge on any atom is -0.469 e. The first-order chi connectivity index (χ1) is 8.01. The lowest BCUT2D eigenvalue weighted by Crippen LogP contribution is -2.43. The highest BCUT2D eigenvalue weighted by atomic mass is 16.5. The average molecular weight is 244 g/mol. The van der Waals surface area contributed by atoms with Gasteiger partial charge in [0.15, 0.2) is 0 Å². The van der Waals surface area contributed by atoms with Crippen LogP contribution in [0.5, 0.6) is 0 Å². The van der Waals surface area contributed by atoms with Gasteiger partial charge in [-0.1, -0.05) is 13.8 Å². The minimum atomic E-state index is -0.235. The molecule has 1 heterocycles. The summed E-state index contributed by atoms with van der Waals surface area (Å²) in [4.78, 5) is 11.5. The molecule has 1 fully saturated rings. The number of methoxy groups -OCH3 is 1. The molecule has 1 rings (SSSR count). The van der Waals surface area contributed by atoms with Crippen LogP contribution in [0.15, 0.2) is 0 Å². The van der Waals surface area contributed by atoms with Gasteiger partial charge in [0, 0.05) is 12.5 Å². The molecular weight excluding hydrogens is 220 g/mol. The van der Waals surface area contributed by atoms with Crippen molar-refractivity contribution in [3.63, 3.8) is 0 Å². The van der Waals surface area contributed by atoms with Crippen molar-refractivity contribution in [2.24, 2.45) is 17.8 Å². The SMILES string of the molecule is COC(=O)[C@@H](C)[C@@H]1CC[C@H](C)[C@@H]([C@@H](C)CO)O1. The van der Waals surface area contributed by atoms with Crippen LogP contribution in [-0.2, 0) is 14.3 Å². The van der Waals surface area contributed by atoms with Gasteiger partial charge in [-0.3, -0.25) is 4.79 Å². The molecule has 100 valence electrons. The van der Waals surface area contributed by atoms with Gasteiger partial charge in [-0.25, -0.2) is 0 Å². The van der Waals surface area contributed by atoms with Gasteiger partial charge in [-0.05, 0) is 25.7 Å². The number of carbonyl (C=O) groups excluding carboxylic acids is 1. The molecule has 1 N–H and O–H groups in total. The summed E-state index contributed by atoms with van der Waals surface area (Å²) in [5, 5.41) is 9.21. The van der Waals surface area contributed by atoms with Crippen LogP contribution in [0.2, 0.25) is 0 Å². The summed E-state index contributed by atoms with van der Waals surface area (Å²) in [5.74, 6) is 0.0803. The molecule has 0 spiro atoms. The van der Waals surface area contributed by atoms with Gasteiger partial charge >= 0.3 is 5.97 Å². The molecule has 1 saturated heterocycles. The summed E-state index contributed by atoms with van der Waals surface area (Å²) in [6.45, 7) is 6.07. The minimum absolute atomic E-state index is 0.0332. The molecule has 4 heteroatoms. The van der Waals surface area contributed by atoms with E-state index in [0.29, 0.717) is 5.92 Å². The molecule has 0 saturated carbocycles. The molecule has 4 nitrogen and oxygen atoms in total. The zero-order valence-corrected chi connectivity index (χ0v) is 11.2. The van der Waals surface area contributed by atoms with Crippen molar-refractivity contribution in [2.75, 3.05) is 13.7 Å². The van der Waals surface area contributed by atoms with Crippen molar-refractivity contribution in [1.29, 1.82) is 0 Å². The van der Waals surface area contributed by atoms with Crippen molar-refractivity contribution < 1.29 is 19.4 Å². The number of ether oxygens (including phenoxy) is 2. The fraction of sp³-hybridized carbons (Fsp3) is 0.923. The Kier molecular flexibility index (Phi) is 5.40. The fourth-order valence-electron chi connectivity index (χ4n) is 2.50. The van der Waals surface area contributed by atoms with Gasteiger partial charge in [0.05, 0.1) is 25.2 Å².